The van der Waals surface area contributed by atoms with Crippen molar-refractivity contribution in [3.8, 4) is 11.1 Å². The number of carboxylic acids is 1. The minimum absolute atomic E-state index is 0.169. The van der Waals surface area contributed by atoms with E-state index in [9.17, 15) is 23.1 Å². The van der Waals surface area contributed by atoms with Gasteiger partial charge in [-0.25, -0.2) is 13.2 Å². The summed E-state index contributed by atoms with van der Waals surface area (Å²) in [6.07, 6.45) is 5.16. The Bertz CT molecular complexity index is 1510. The molecule has 3 aromatic rings. The molecule has 8 nitrogen and oxygen atoms in total. The van der Waals surface area contributed by atoms with Crippen LogP contribution in [0.4, 0.5) is 0 Å². The number of hydrogen-bond acceptors (Lipinski definition) is 6. The largest absolute Gasteiger partial charge is 0.480 e. The minimum atomic E-state index is -3.39. The Labute approximate surface area is 255 Å². The summed E-state index contributed by atoms with van der Waals surface area (Å²) in [6.45, 7) is 3.50. The van der Waals surface area contributed by atoms with E-state index < -0.39 is 27.8 Å². The second kappa shape index (κ2) is 14.8. The van der Waals surface area contributed by atoms with Crippen molar-refractivity contribution in [3.63, 3.8) is 0 Å². The van der Waals surface area contributed by atoms with Gasteiger partial charge in [-0.05, 0) is 79.0 Å². The summed E-state index contributed by atoms with van der Waals surface area (Å²) in [6, 6.07) is 23.0. The molecular formula is C34H42N2O6S. The standard InChI is InChI=1S/C34H42N2O6S/c1-24-10-7-8-15-29(24)31-20-26(16-17-30(31)33(37)35-32(34(38)39)18-19-43(3,40)41)22-36-23-28(42-2)21-27(36)14-9-13-25-11-5-4-6-12-25/h4-8,10-12,15-17,20,27-28,32H,9,13-14,18-19,21-23H2,1-3H3,(H,35,37)(H,38,39). The fraction of sp³-hybridized carbons (Fsp3) is 0.412. The van der Waals surface area contributed by atoms with Gasteiger partial charge in [0.1, 0.15) is 15.9 Å². The number of hydrogen-bond donors (Lipinski definition) is 2. The number of sulfone groups is 1. The zero-order chi connectivity index (χ0) is 31.0. The number of benzene rings is 3. The number of likely N-dealkylation sites (tertiary alicyclic amines) is 1. The molecule has 0 aliphatic carbocycles. The van der Waals surface area contributed by atoms with Crippen LogP contribution in [0, 0.1) is 6.92 Å². The smallest absolute Gasteiger partial charge is 0.326 e. The predicted molar refractivity (Wildman–Crippen MR) is 169 cm³/mol. The summed E-state index contributed by atoms with van der Waals surface area (Å²) in [5.41, 5.74) is 5.32. The number of aliphatic carboxylic acids is 1. The Morgan fingerprint density at radius 3 is 2.42 bits per heavy atom. The van der Waals surface area contributed by atoms with Gasteiger partial charge in [0.05, 0.1) is 11.9 Å². The van der Waals surface area contributed by atoms with E-state index >= 15 is 0 Å². The van der Waals surface area contributed by atoms with Crippen LogP contribution in [-0.2, 0) is 32.3 Å². The first-order valence-electron chi connectivity index (χ1n) is 14.7. The lowest BCUT2D eigenvalue weighted by atomic mass is 9.93. The molecular weight excluding hydrogens is 564 g/mol. The van der Waals surface area contributed by atoms with E-state index in [2.05, 4.69) is 34.5 Å². The molecule has 43 heavy (non-hydrogen) atoms. The molecule has 3 aromatic carbocycles. The molecule has 1 heterocycles. The van der Waals surface area contributed by atoms with Crippen molar-refractivity contribution in [2.24, 2.45) is 0 Å². The fourth-order valence-electron chi connectivity index (χ4n) is 5.83. The summed E-state index contributed by atoms with van der Waals surface area (Å²) in [4.78, 5) is 27.8. The van der Waals surface area contributed by atoms with Crippen LogP contribution in [-0.4, -0.2) is 74.2 Å². The molecule has 0 spiro atoms. The van der Waals surface area contributed by atoms with E-state index in [1.165, 1.54) is 5.56 Å². The highest BCUT2D eigenvalue weighted by atomic mass is 32.2. The number of carbonyl (C=O) groups excluding carboxylic acids is 1. The molecule has 2 N–H and O–H groups in total. The number of aryl methyl sites for hydroxylation is 2. The van der Waals surface area contributed by atoms with Crippen LogP contribution in [0.25, 0.3) is 11.1 Å². The molecule has 0 aromatic heterocycles. The number of ether oxygens (including phenoxy) is 1. The zero-order valence-electron chi connectivity index (χ0n) is 25.2. The Balaban J connectivity index is 1.56. The molecule has 1 saturated heterocycles. The van der Waals surface area contributed by atoms with Gasteiger partial charge in [-0.1, -0.05) is 60.7 Å². The fourth-order valence-corrected chi connectivity index (χ4v) is 6.50. The lowest BCUT2D eigenvalue weighted by molar-refractivity contribution is -0.139. The topological polar surface area (TPSA) is 113 Å². The molecule has 1 amide bonds. The molecule has 3 atom stereocenters. The zero-order valence-corrected chi connectivity index (χ0v) is 26.0. The van der Waals surface area contributed by atoms with E-state index in [0.29, 0.717) is 23.7 Å². The quantitative estimate of drug-likeness (QED) is 0.269. The number of carbonyl (C=O) groups is 2. The van der Waals surface area contributed by atoms with E-state index in [0.717, 1.165) is 55.2 Å². The first-order chi connectivity index (χ1) is 20.5. The highest BCUT2D eigenvalue weighted by Gasteiger charge is 2.32. The summed E-state index contributed by atoms with van der Waals surface area (Å²) in [5, 5.41) is 12.2. The van der Waals surface area contributed by atoms with Crippen LogP contribution in [0.1, 0.15) is 52.7 Å². The molecule has 1 aliphatic heterocycles. The average molecular weight is 607 g/mol. The van der Waals surface area contributed by atoms with Crippen LogP contribution in [0.2, 0.25) is 0 Å². The summed E-state index contributed by atoms with van der Waals surface area (Å²) < 4.78 is 29.0. The van der Waals surface area contributed by atoms with Crippen LogP contribution in [0.3, 0.4) is 0 Å². The van der Waals surface area contributed by atoms with Gasteiger partial charge in [-0.15, -0.1) is 0 Å². The Morgan fingerprint density at radius 2 is 1.74 bits per heavy atom. The second-order valence-electron chi connectivity index (χ2n) is 11.5. The third kappa shape index (κ3) is 9.23. The van der Waals surface area contributed by atoms with Gasteiger partial charge in [0, 0.05) is 38.1 Å². The van der Waals surface area contributed by atoms with E-state index in [1.807, 2.05) is 49.4 Å². The maximum Gasteiger partial charge on any atom is 0.326 e. The molecule has 0 bridgehead atoms. The highest BCUT2D eigenvalue weighted by Crippen LogP contribution is 2.31. The Kier molecular flexibility index (Phi) is 11.1. The van der Waals surface area contributed by atoms with Crippen molar-refractivity contribution >= 4 is 21.7 Å². The van der Waals surface area contributed by atoms with E-state index in [-0.39, 0.29) is 18.3 Å². The van der Waals surface area contributed by atoms with Crippen LogP contribution >= 0.6 is 0 Å². The van der Waals surface area contributed by atoms with Crippen molar-refractivity contribution in [3.05, 3.63) is 95.1 Å². The third-order valence-electron chi connectivity index (χ3n) is 8.20. The molecule has 9 heteroatoms. The lowest BCUT2D eigenvalue weighted by Gasteiger charge is -2.25. The van der Waals surface area contributed by atoms with Crippen molar-refractivity contribution < 1.29 is 27.9 Å². The number of methoxy groups -OCH3 is 1. The number of nitrogens with one attached hydrogen (secondary N) is 1. The molecule has 3 unspecified atom stereocenters. The number of nitrogens with zero attached hydrogens (tertiary/aromatic N) is 1. The molecule has 230 valence electrons. The monoisotopic (exact) mass is 606 g/mol. The van der Waals surface area contributed by atoms with Gasteiger partial charge in [-0.2, -0.15) is 0 Å². The summed E-state index contributed by atoms with van der Waals surface area (Å²) in [5.74, 6) is -2.16. The molecule has 4 rings (SSSR count). The molecule has 0 radical (unpaired) electrons. The SMILES string of the molecule is COC1CC(CCCc2ccccc2)N(Cc2ccc(C(=O)NC(CCS(C)(=O)=O)C(=O)O)c(-c3ccccc3C)c2)C1. The maximum absolute atomic E-state index is 13.5. The first-order valence-corrected chi connectivity index (χ1v) is 16.8. The average Bonchev–Trinajstić information content (AvgIpc) is 3.36. The summed E-state index contributed by atoms with van der Waals surface area (Å²) in [7, 11) is -1.62. The normalized spacial score (nSPS) is 17.9. The van der Waals surface area contributed by atoms with Gasteiger partial charge < -0.3 is 15.2 Å². The maximum atomic E-state index is 13.5. The Hall–Kier alpha value is -3.53. The van der Waals surface area contributed by atoms with Crippen molar-refractivity contribution in [1.29, 1.82) is 0 Å². The van der Waals surface area contributed by atoms with Crippen molar-refractivity contribution in [1.82, 2.24) is 10.2 Å². The third-order valence-corrected chi connectivity index (χ3v) is 9.18. The number of amides is 1. The van der Waals surface area contributed by atoms with Gasteiger partial charge in [0.25, 0.3) is 5.91 Å². The van der Waals surface area contributed by atoms with Crippen LogP contribution in [0.15, 0.2) is 72.8 Å². The van der Waals surface area contributed by atoms with Crippen LogP contribution < -0.4 is 5.32 Å². The van der Waals surface area contributed by atoms with Crippen molar-refractivity contribution in [2.75, 3.05) is 25.7 Å². The van der Waals surface area contributed by atoms with Gasteiger partial charge >= 0.3 is 5.97 Å². The van der Waals surface area contributed by atoms with E-state index in [1.54, 1.807) is 13.2 Å². The van der Waals surface area contributed by atoms with Gasteiger partial charge in [-0.3, -0.25) is 9.69 Å². The predicted octanol–water partition coefficient (Wildman–Crippen LogP) is 4.89. The first kappa shape index (κ1) is 32.4. The molecule has 0 saturated carbocycles. The highest BCUT2D eigenvalue weighted by molar-refractivity contribution is 7.90. The molecule has 1 aliphatic rings. The minimum Gasteiger partial charge on any atom is -0.480 e. The van der Waals surface area contributed by atoms with E-state index in [4.69, 9.17) is 4.74 Å². The number of rotatable bonds is 14. The number of carboxylic acid groups (broad SMARTS) is 1. The Morgan fingerprint density at radius 1 is 1.02 bits per heavy atom. The van der Waals surface area contributed by atoms with Gasteiger partial charge in [0.15, 0.2) is 0 Å². The van der Waals surface area contributed by atoms with Crippen molar-refractivity contribution in [2.45, 2.75) is 63.8 Å². The van der Waals surface area contributed by atoms with Gasteiger partial charge in [0.2, 0.25) is 0 Å². The second-order valence-corrected chi connectivity index (χ2v) is 13.8. The lowest BCUT2D eigenvalue weighted by Crippen LogP contribution is -2.42. The molecule has 1 fully saturated rings. The van der Waals surface area contributed by atoms with Crippen LogP contribution in [0.5, 0.6) is 0 Å². The summed E-state index contributed by atoms with van der Waals surface area (Å²) >= 11 is 0.